The topological polar surface area (TPSA) is 142 Å². The highest BCUT2D eigenvalue weighted by molar-refractivity contribution is 6.27. The maximum Gasteiger partial charge on any atom is 0.414 e. The van der Waals surface area contributed by atoms with Crippen molar-refractivity contribution in [2.75, 3.05) is 13.2 Å². The molecule has 0 aromatic rings. The molecule has 0 aliphatic heterocycles. The minimum atomic E-state index is -1.82. The largest absolute Gasteiger partial charge is 0.473 e. The van der Waals surface area contributed by atoms with Crippen LogP contribution in [0.4, 0.5) is 0 Å². The predicted molar refractivity (Wildman–Crippen MR) is 78.9 cm³/mol. The first-order valence-electron chi connectivity index (χ1n) is 5.88. The molecule has 0 saturated heterocycles. The van der Waals surface area contributed by atoms with Crippen LogP contribution in [-0.2, 0) is 23.9 Å². The number of hydrogen-bond acceptors (Lipinski definition) is 5. The molecule has 4 N–H and O–H groups in total. The Kier molecular flexibility index (Phi) is 30.0. The SMILES string of the molecule is CC#CC(OCC)OCC.CC#CC=O.O.O=C(O)C(=O)O. The van der Waals surface area contributed by atoms with Gasteiger partial charge in [0.05, 0.1) is 0 Å². The van der Waals surface area contributed by atoms with Crippen molar-refractivity contribution in [2.45, 2.75) is 34.0 Å². The van der Waals surface area contributed by atoms with Crippen molar-refractivity contribution in [3.8, 4) is 23.7 Å². The second-order valence-corrected chi connectivity index (χ2v) is 2.76. The molecule has 126 valence electrons. The van der Waals surface area contributed by atoms with Gasteiger partial charge in [-0.1, -0.05) is 5.92 Å². The number of carboxylic acid groups (broad SMARTS) is 2. The molecule has 0 heterocycles. The van der Waals surface area contributed by atoms with Crippen molar-refractivity contribution < 1.29 is 39.5 Å². The lowest BCUT2D eigenvalue weighted by molar-refractivity contribution is -0.159. The average Bonchev–Trinajstić information content (AvgIpc) is 2.42. The van der Waals surface area contributed by atoms with Crippen LogP contribution >= 0.6 is 0 Å². The van der Waals surface area contributed by atoms with Gasteiger partial charge in [0, 0.05) is 13.2 Å². The van der Waals surface area contributed by atoms with Crippen LogP contribution in [0.15, 0.2) is 0 Å². The Balaban J connectivity index is -0.000000117. The molecule has 8 nitrogen and oxygen atoms in total. The van der Waals surface area contributed by atoms with Gasteiger partial charge in [0.1, 0.15) is 0 Å². The monoisotopic (exact) mass is 318 g/mol. The summed E-state index contributed by atoms with van der Waals surface area (Å²) in [6.07, 6.45) is 0.236. The summed E-state index contributed by atoms with van der Waals surface area (Å²) in [5, 5.41) is 14.8. The molecule has 0 atom stereocenters. The summed E-state index contributed by atoms with van der Waals surface area (Å²) >= 11 is 0. The minimum absolute atomic E-state index is 0. The second kappa shape index (κ2) is 23.7. The van der Waals surface area contributed by atoms with Gasteiger partial charge in [-0.15, -0.1) is 5.92 Å². The predicted octanol–water partition coefficient (Wildman–Crippen LogP) is -0.0517. The fourth-order valence-electron chi connectivity index (χ4n) is 0.611. The molecule has 0 radical (unpaired) electrons. The lowest BCUT2D eigenvalue weighted by atomic mass is 10.6. The Morgan fingerprint density at radius 3 is 1.59 bits per heavy atom. The maximum atomic E-state index is 9.23. The van der Waals surface area contributed by atoms with Crippen molar-refractivity contribution >= 4 is 18.2 Å². The molecule has 0 aliphatic carbocycles. The van der Waals surface area contributed by atoms with Gasteiger partial charge in [0.25, 0.3) is 0 Å². The highest BCUT2D eigenvalue weighted by atomic mass is 16.7. The molecule has 0 unspecified atom stereocenters. The highest BCUT2D eigenvalue weighted by Gasteiger charge is 2.04. The molecule has 0 bridgehead atoms. The quantitative estimate of drug-likeness (QED) is 0.320. The van der Waals surface area contributed by atoms with E-state index in [1.807, 2.05) is 13.8 Å². The molecule has 8 heteroatoms. The number of carbonyl (C=O) groups excluding carboxylic acids is 1. The first kappa shape index (κ1) is 27.9. The van der Waals surface area contributed by atoms with Gasteiger partial charge in [-0.05, 0) is 39.5 Å². The van der Waals surface area contributed by atoms with Gasteiger partial charge in [0.2, 0.25) is 6.29 Å². The fourth-order valence-corrected chi connectivity index (χ4v) is 0.611. The van der Waals surface area contributed by atoms with E-state index in [2.05, 4.69) is 23.7 Å². The molecule has 0 aromatic heterocycles. The lowest BCUT2D eigenvalue weighted by Gasteiger charge is -2.09. The third kappa shape index (κ3) is 30.6. The Bertz CT molecular complexity index is 390. The Labute approximate surface area is 129 Å². The van der Waals surface area contributed by atoms with Crippen molar-refractivity contribution in [3.63, 3.8) is 0 Å². The molecule has 0 aromatic carbocycles. The Morgan fingerprint density at radius 1 is 1.05 bits per heavy atom. The highest BCUT2D eigenvalue weighted by Crippen LogP contribution is 1.91. The number of hydrogen-bond donors (Lipinski definition) is 2. The van der Waals surface area contributed by atoms with Crippen molar-refractivity contribution in [1.82, 2.24) is 0 Å². The normalized spacial score (nSPS) is 7.14. The standard InChI is InChI=1S/C8H14O2.C4H4O.C2H2O4.H2O/c1-4-7-8(9-5-2)10-6-3;1-2-3-4-5;3-1(4)2(5)6;/h8H,5-6H2,1-3H3;4H,1H3;(H,3,4)(H,5,6);1H2. The van der Waals surface area contributed by atoms with Gasteiger partial charge in [-0.25, -0.2) is 9.59 Å². The molecule has 0 rings (SSSR count). The van der Waals surface area contributed by atoms with E-state index in [1.54, 1.807) is 13.8 Å². The van der Waals surface area contributed by atoms with Crippen LogP contribution < -0.4 is 0 Å². The smallest absolute Gasteiger partial charge is 0.414 e. The fraction of sp³-hybridized carbons (Fsp3) is 0.500. The Morgan fingerprint density at radius 2 is 1.45 bits per heavy atom. The number of aliphatic carboxylic acids is 2. The van der Waals surface area contributed by atoms with Gasteiger partial charge in [-0.3, -0.25) is 4.79 Å². The number of carbonyl (C=O) groups is 3. The third-order valence-electron chi connectivity index (χ3n) is 1.28. The summed E-state index contributed by atoms with van der Waals surface area (Å²) in [6.45, 7) is 8.50. The summed E-state index contributed by atoms with van der Waals surface area (Å²) in [7, 11) is 0. The number of carboxylic acids is 2. The number of aldehydes is 1. The number of ether oxygens (including phenoxy) is 2. The zero-order chi connectivity index (χ0) is 17.1. The average molecular weight is 318 g/mol. The third-order valence-corrected chi connectivity index (χ3v) is 1.28. The molecule has 0 amide bonds. The Hall–Kier alpha value is -2.39. The van der Waals surface area contributed by atoms with Gasteiger partial charge < -0.3 is 25.2 Å². The van der Waals surface area contributed by atoms with E-state index in [4.69, 9.17) is 29.3 Å². The van der Waals surface area contributed by atoms with Crippen molar-refractivity contribution in [1.29, 1.82) is 0 Å². The zero-order valence-electron chi connectivity index (χ0n) is 13.0. The summed E-state index contributed by atoms with van der Waals surface area (Å²) in [5.74, 6) is 6.46. The number of rotatable bonds is 4. The van der Waals surface area contributed by atoms with E-state index in [1.165, 1.54) is 0 Å². The molecule has 0 fully saturated rings. The maximum absolute atomic E-state index is 9.23. The summed E-state index contributed by atoms with van der Waals surface area (Å²) in [6, 6.07) is 0. The minimum Gasteiger partial charge on any atom is -0.473 e. The molecular weight excluding hydrogens is 296 g/mol. The van der Waals surface area contributed by atoms with Crippen LogP contribution in [0.5, 0.6) is 0 Å². The van der Waals surface area contributed by atoms with Crippen LogP contribution in [0, 0.1) is 23.7 Å². The van der Waals surface area contributed by atoms with Crippen LogP contribution in [0.25, 0.3) is 0 Å². The molecule has 0 aliphatic rings. The van der Waals surface area contributed by atoms with Crippen LogP contribution in [-0.4, -0.2) is 53.4 Å². The lowest BCUT2D eigenvalue weighted by Crippen LogP contribution is -2.14. The van der Waals surface area contributed by atoms with Crippen LogP contribution in [0.1, 0.15) is 27.7 Å². The summed E-state index contributed by atoms with van der Waals surface area (Å²) in [4.78, 5) is 27.4. The van der Waals surface area contributed by atoms with E-state index >= 15 is 0 Å². The first-order chi connectivity index (χ1) is 9.90. The first-order valence-corrected chi connectivity index (χ1v) is 5.88. The molecule has 0 spiro atoms. The van der Waals surface area contributed by atoms with E-state index in [-0.39, 0.29) is 11.8 Å². The molecular formula is C14H22O8. The van der Waals surface area contributed by atoms with Gasteiger partial charge in [-0.2, -0.15) is 0 Å². The van der Waals surface area contributed by atoms with Crippen molar-refractivity contribution in [2.24, 2.45) is 0 Å². The second-order valence-electron chi connectivity index (χ2n) is 2.76. The van der Waals surface area contributed by atoms with E-state index < -0.39 is 11.9 Å². The molecule has 22 heavy (non-hydrogen) atoms. The van der Waals surface area contributed by atoms with Gasteiger partial charge >= 0.3 is 11.9 Å². The van der Waals surface area contributed by atoms with Crippen LogP contribution in [0.3, 0.4) is 0 Å². The zero-order valence-corrected chi connectivity index (χ0v) is 13.0. The van der Waals surface area contributed by atoms with E-state index in [0.717, 1.165) is 0 Å². The van der Waals surface area contributed by atoms with Crippen LogP contribution in [0.2, 0.25) is 0 Å². The summed E-state index contributed by atoms with van der Waals surface area (Å²) in [5.41, 5.74) is 0. The van der Waals surface area contributed by atoms with E-state index in [9.17, 15) is 4.79 Å². The van der Waals surface area contributed by atoms with E-state index in [0.29, 0.717) is 19.5 Å². The summed E-state index contributed by atoms with van der Waals surface area (Å²) < 4.78 is 10.3. The van der Waals surface area contributed by atoms with Gasteiger partial charge in [0.15, 0.2) is 6.29 Å². The van der Waals surface area contributed by atoms with Crippen molar-refractivity contribution in [3.05, 3.63) is 0 Å². The molecule has 0 saturated carbocycles.